The van der Waals surface area contributed by atoms with Crippen LogP contribution in [0.15, 0.2) is 5.16 Å². The average molecular weight is 207 g/mol. The summed E-state index contributed by atoms with van der Waals surface area (Å²) in [5.41, 5.74) is 5.34. The molecule has 0 aromatic carbocycles. The van der Waals surface area contributed by atoms with Gasteiger partial charge in [-0.05, 0) is 18.8 Å². The highest BCUT2D eigenvalue weighted by Crippen LogP contribution is 2.32. The van der Waals surface area contributed by atoms with Crippen molar-refractivity contribution in [3.63, 3.8) is 0 Å². The Hall–Kier alpha value is -0.820. The Bertz CT molecular complexity index is 307. The molecule has 0 bridgehead atoms. The molecule has 0 aliphatic heterocycles. The fraction of sp³-hybridized carbons (Fsp3) is 0.833. The summed E-state index contributed by atoms with van der Waals surface area (Å²) in [5.74, 6) is 0.0959. The van der Waals surface area contributed by atoms with E-state index in [0.29, 0.717) is 0 Å². The third kappa shape index (κ3) is 3.19. The third-order valence-electron chi connectivity index (χ3n) is 1.87. The van der Waals surface area contributed by atoms with Gasteiger partial charge in [0, 0.05) is 0 Å². The number of oxime groups is 1. The van der Waals surface area contributed by atoms with Crippen molar-refractivity contribution >= 4 is 15.9 Å². The van der Waals surface area contributed by atoms with E-state index >= 15 is 0 Å². The van der Waals surface area contributed by atoms with E-state index in [1.54, 1.807) is 0 Å². The zero-order valence-electron chi connectivity index (χ0n) is 7.27. The van der Waals surface area contributed by atoms with Gasteiger partial charge in [-0.15, -0.1) is 0 Å². The lowest BCUT2D eigenvalue weighted by Gasteiger charge is -2.14. The minimum atomic E-state index is -3.31. The van der Waals surface area contributed by atoms with Gasteiger partial charge in [0.15, 0.2) is 5.84 Å². The smallest absolute Gasteiger partial charge is 0.209 e. The van der Waals surface area contributed by atoms with Crippen molar-refractivity contribution in [3.8, 4) is 0 Å². The Balaban J connectivity index is 2.69. The van der Waals surface area contributed by atoms with E-state index in [9.17, 15) is 8.42 Å². The topological polar surface area (TPSA) is 105 Å². The Labute approximate surface area is 76.9 Å². The first-order valence-corrected chi connectivity index (χ1v) is 5.78. The van der Waals surface area contributed by atoms with Crippen LogP contribution in [0.25, 0.3) is 0 Å². The maximum absolute atomic E-state index is 10.9. The van der Waals surface area contributed by atoms with Crippen LogP contribution in [0.2, 0.25) is 0 Å². The highest BCUT2D eigenvalue weighted by atomic mass is 32.2. The number of sulfonamides is 1. The van der Waals surface area contributed by atoms with Gasteiger partial charge in [0.1, 0.15) is 0 Å². The van der Waals surface area contributed by atoms with Crippen LogP contribution in [0.3, 0.4) is 0 Å². The van der Waals surface area contributed by atoms with Crippen molar-refractivity contribution in [2.75, 3.05) is 6.26 Å². The first-order valence-electron chi connectivity index (χ1n) is 3.89. The van der Waals surface area contributed by atoms with Crippen LogP contribution in [-0.4, -0.2) is 31.8 Å². The molecule has 1 aliphatic carbocycles. The maximum Gasteiger partial charge on any atom is 0.209 e. The van der Waals surface area contributed by atoms with Gasteiger partial charge in [0.05, 0.1) is 12.3 Å². The molecule has 1 saturated carbocycles. The molecule has 0 spiro atoms. The number of nitrogens with zero attached hydrogens (tertiary/aromatic N) is 1. The number of rotatable bonds is 4. The quantitative estimate of drug-likeness (QED) is 0.239. The number of hydrogen-bond acceptors (Lipinski definition) is 4. The fourth-order valence-corrected chi connectivity index (χ4v) is 1.89. The minimum absolute atomic E-state index is 0.0760. The van der Waals surface area contributed by atoms with E-state index in [4.69, 9.17) is 10.9 Å². The normalized spacial score (nSPS) is 21.5. The number of amidine groups is 1. The molecular formula is C6H13N3O3S. The van der Waals surface area contributed by atoms with E-state index < -0.39 is 16.1 Å². The molecular weight excluding hydrogens is 194 g/mol. The van der Waals surface area contributed by atoms with Gasteiger partial charge >= 0.3 is 0 Å². The predicted molar refractivity (Wildman–Crippen MR) is 47.9 cm³/mol. The number of hydrogen-bond donors (Lipinski definition) is 3. The molecule has 6 nitrogen and oxygen atoms in total. The van der Waals surface area contributed by atoms with Crippen LogP contribution in [0.1, 0.15) is 12.8 Å². The van der Waals surface area contributed by atoms with Crippen LogP contribution in [-0.2, 0) is 10.0 Å². The van der Waals surface area contributed by atoms with Crippen molar-refractivity contribution in [1.82, 2.24) is 4.72 Å². The molecule has 0 aromatic rings. The second-order valence-corrected chi connectivity index (χ2v) is 5.01. The Morgan fingerprint density at radius 1 is 1.69 bits per heavy atom. The molecule has 1 atom stereocenters. The molecule has 4 N–H and O–H groups in total. The SMILES string of the molecule is CS(=O)(=O)NC(C(N)=NO)C1CC1. The summed E-state index contributed by atoms with van der Waals surface area (Å²) in [7, 11) is -3.31. The van der Waals surface area contributed by atoms with Crippen LogP contribution >= 0.6 is 0 Å². The largest absolute Gasteiger partial charge is 0.409 e. The van der Waals surface area contributed by atoms with Crippen molar-refractivity contribution in [1.29, 1.82) is 0 Å². The lowest BCUT2D eigenvalue weighted by atomic mass is 10.2. The Kier molecular flexibility index (Phi) is 2.77. The molecule has 1 aliphatic rings. The molecule has 0 aromatic heterocycles. The second kappa shape index (κ2) is 3.51. The Morgan fingerprint density at radius 2 is 2.23 bits per heavy atom. The van der Waals surface area contributed by atoms with Gasteiger partial charge < -0.3 is 10.9 Å². The molecule has 0 heterocycles. The molecule has 0 amide bonds. The standard InChI is InChI=1S/C6H13N3O3S/c1-13(11,12)9-5(4-2-3-4)6(7)8-10/h4-5,9-10H,2-3H2,1H3,(H2,7,8). The van der Waals surface area contributed by atoms with Crippen LogP contribution in [0, 0.1) is 5.92 Å². The van der Waals surface area contributed by atoms with Gasteiger partial charge in [0.2, 0.25) is 10.0 Å². The minimum Gasteiger partial charge on any atom is -0.409 e. The van der Waals surface area contributed by atoms with E-state index in [1.807, 2.05) is 0 Å². The van der Waals surface area contributed by atoms with Gasteiger partial charge in [-0.1, -0.05) is 5.16 Å². The lowest BCUT2D eigenvalue weighted by Crippen LogP contribution is -2.45. The van der Waals surface area contributed by atoms with E-state index in [1.165, 1.54) is 0 Å². The van der Waals surface area contributed by atoms with Crippen molar-refractivity contribution < 1.29 is 13.6 Å². The van der Waals surface area contributed by atoms with Gasteiger partial charge in [-0.3, -0.25) is 0 Å². The molecule has 7 heteroatoms. The monoisotopic (exact) mass is 207 g/mol. The molecule has 0 saturated heterocycles. The lowest BCUT2D eigenvalue weighted by molar-refractivity contribution is 0.314. The first-order chi connectivity index (χ1) is 5.94. The van der Waals surface area contributed by atoms with Crippen LogP contribution in [0.5, 0.6) is 0 Å². The molecule has 76 valence electrons. The van der Waals surface area contributed by atoms with Crippen LogP contribution in [0.4, 0.5) is 0 Å². The van der Waals surface area contributed by atoms with Gasteiger partial charge in [-0.25, -0.2) is 13.1 Å². The zero-order valence-corrected chi connectivity index (χ0v) is 8.08. The first kappa shape index (κ1) is 10.3. The zero-order chi connectivity index (χ0) is 10.1. The predicted octanol–water partition coefficient (Wildman–Crippen LogP) is -0.939. The fourth-order valence-electron chi connectivity index (χ4n) is 1.12. The summed E-state index contributed by atoms with van der Waals surface area (Å²) in [6.45, 7) is 0. The van der Waals surface area contributed by atoms with Crippen molar-refractivity contribution in [2.24, 2.45) is 16.8 Å². The summed E-state index contributed by atoms with van der Waals surface area (Å²) in [4.78, 5) is 0. The highest BCUT2D eigenvalue weighted by molar-refractivity contribution is 7.88. The van der Waals surface area contributed by atoms with Crippen LogP contribution < -0.4 is 10.5 Å². The van der Waals surface area contributed by atoms with Gasteiger partial charge in [-0.2, -0.15) is 0 Å². The van der Waals surface area contributed by atoms with E-state index in [0.717, 1.165) is 19.1 Å². The number of nitrogens with two attached hydrogens (primary N) is 1. The summed E-state index contributed by atoms with van der Waals surface area (Å²) in [5, 5.41) is 11.2. The number of nitrogens with one attached hydrogen (secondary N) is 1. The summed E-state index contributed by atoms with van der Waals surface area (Å²) in [6.07, 6.45) is 2.86. The third-order valence-corrected chi connectivity index (χ3v) is 2.55. The molecule has 1 rings (SSSR count). The summed E-state index contributed by atoms with van der Waals surface area (Å²) in [6, 6.07) is -0.556. The van der Waals surface area contributed by atoms with Crippen molar-refractivity contribution in [2.45, 2.75) is 18.9 Å². The Morgan fingerprint density at radius 3 is 2.54 bits per heavy atom. The highest BCUT2D eigenvalue weighted by Gasteiger charge is 2.35. The molecule has 13 heavy (non-hydrogen) atoms. The van der Waals surface area contributed by atoms with E-state index in [-0.39, 0.29) is 11.8 Å². The molecule has 1 fully saturated rings. The van der Waals surface area contributed by atoms with E-state index in [2.05, 4.69) is 9.88 Å². The van der Waals surface area contributed by atoms with Crippen molar-refractivity contribution in [3.05, 3.63) is 0 Å². The average Bonchev–Trinajstić information content (AvgIpc) is 2.79. The summed E-state index contributed by atoms with van der Waals surface area (Å²) < 4.78 is 24.1. The van der Waals surface area contributed by atoms with Gasteiger partial charge in [0.25, 0.3) is 0 Å². The molecule has 1 unspecified atom stereocenters. The summed E-state index contributed by atoms with van der Waals surface area (Å²) >= 11 is 0. The second-order valence-electron chi connectivity index (χ2n) is 3.23. The molecule has 0 radical (unpaired) electrons. The maximum atomic E-state index is 10.9.